The lowest BCUT2D eigenvalue weighted by atomic mass is 9.97. The average molecular weight is 270 g/mol. The second-order valence-electron chi connectivity index (χ2n) is 5.56. The maximum Gasteiger partial charge on any atom is 0.263 e. The number of aromatic nitrogens is 4. The largest absolute Gasteiger partial charge is 0.385 e. The van der Waals surface area contributed by atoms with Gasteiger partial charge in [0.2, 0.25) is 0 Å². The van der Waals surface area contributed by atoms with Gasteiger partial charge in [-0.15, -0.1) is 5.10 Å². The number of benzene rings is 1. The summed E-state index contributed by atoms with van der Waals surface area (Å²) in [5.74, 6) is 0.573. The van der Waals surface area contributed by atoms with Crippen LogP contribution in [-0.2, 0) is 12.8 Å². The summed E-state index contributed by atoms with van der Waals surface area (Å²) in [6.07, 6.45) is 5.91. The third kappa shape index (κ3) is 2.01. The molecule has 2 aromatic rings. The minimum absolute atomic E-state index is 0.253. The Kier molecular flexibility index (Phi) is 2.79. The maximum absolute atomic E-state index is 4.01. The fraction of sp³-hybridized carbons (Fsp3) is 0.500. The number of nitrogens with zero attached hydrogens (tertiary/aromatic N) is 3. The number of aromatic amines is 1. The molecule has 6 nitrogen and oxygen atoms in total. The Morgan fingerprint density at radius 3 is 2.90 bits per heavy atom. The number of rotatable bonds is 2. The molecule has 0 saturated carbocycles. The molecule has 1 aromatic heterocycles. The summed E-state index contributed by atoms with van der Waals surface area (Å²) in [5, 5.41) is 21.1. The number of hydrogen-bond donors (Lipinski definition) is 3. The minimum Gasteiger partial charge on any atom is -0.385 e. The first-order valence-electron chi connectivity index (χ1n) is 7.30. The zero-order valence-electron chi connectivity index (χ0n) is 11.3. The van der Waals surface area contributed by atoms with Crippen molar-refractivity contribution in [3.63, 3.8) is 0 Å². The van der Waals surface area contributed by atoms with Crippen LogP contribution in [0.1, 0.15) is 42.0 Å². The molecule has 104 valence electrons. The van der Waals surface area contributed by atoms with Gasteiger partial charge in [-0.3, -0.25) is 0 Å². The predicted molar refractivity (Wildman–Crippen MR) is 76.7 cm³/mol. The highest BCUT2D eigenvalue weighted by Crippen LogP contribution is 2.36. The van der Waals surface area contributed by atoms with E-state index in [-0.39, 0.29) is 6.04 Å². The molecule has 20 heavy (non-hydrogen) atoms. The first-order chi connectivity index (χ1) is 9.90. The fourth-order valence-corrected chi connectivity index (χ4v) is 3.30. The molecule has 1 aromatic carbocycles. The van der Waals surface area contributed by atoms with Crippen molar-refractivity contribution in [2.45, 2.75) is 38.1 Å². The van der Waals surface area contributed by atoms with Crippen LogP contribution >= 0.6 is 0 Å². The first kappa shape index (κ1) is 11.7. The van der Waals surface area contributed by atoms with Crippen molar-refractivity contribution in [2.24, 2.45) is 0 Å². The van der Waals surface area contributed by atoms with Crippen LogP contribution in [0.25, 0.3) is 0 Å². The Bertz CT molecular complexity index is 606. The van der Waals surface area contributed by atoms with Crippen molar-refractivity contribution in [3.05, 3.63) is 28.8 Å². The molecular weight excluding hydrogens is 252 g/mol. The smallest absolute Gasteiger partial charge is 0.263 e. The summed E-state index contributed by atoms with van der Waals surface area (Å²) < 4.78 is 0. The van der Waals surface area contributed by atoms with Gasteiger partial charge in [0.05, 0.1) is 6.04 Å². The number of hydrogen-bond acceptors (Lipinski definition) is 5. The van der Waals surface area contributed by atoms with Crippen LogP contribution in [0.4, 0.5) is 11.6 Å². The van der Waals surface area contributed by atoms with Gasteiger partial charge in [-0.25, -0.2) is 0 Å². The second kappa shape index (κ2) is 4.77. The maximum atomic E-state index is 4.01. The van der Waals surface area contributed by atoms with Crippen LogP contribution in [0.2, 0.25) is 0 Å². The fourth-order valence-electron chi connectivity index (χ4n) is 3.30. The van der Waals surface area contributed by atoms with Gasteiger partial charge in [-0.05, 0) is 60.1 Å². The number of fused-ring (bicyclic) bond motifs is 2. The molecule has 0 bridgehead atoms. The van der Waals surface area contributed by atoms with Crippen molar-refractivity contribution in [1.29, 1.82) is 0 Å². The first-order valence-corrected chi connectivity index (χ1v) is 7.30. The van der Waals surface area contributed by atoms with E-state index in [1.54, 1.807) is 0 Å². The van der Waals surface area contributed by atoms with E-state index in [0.717, 1.165) is 19.4 Å². The number of aryl methyl sites for hydroxylation is 2. The summed E-state index contributed by atoms with van der Waals surface area (Å²) in [7, 11) is 0. The zero-order chi connectivity index (χ0) is 13.4. The lowest BCUT2D eigenvalue weighted by molar-refractivity contribution is 0.673. The zero-order valence-corrected chi connectivity index (χ0v) is 11.3. The predicted octanol–water partition coefficient (Wildman–Crippen LogP) is 2.05. The van der Waals surface area contributed by atoms with Crippen molar-refractivity contribution in [2.75, 3.05) is 17.2 Å². The van der Waals surface area contributed by atoms with Crippen molar-refractivity contribution in [3.8, 4) is 0 Å². The molecule has 1 atom stereocenters. The van der Waals surface area contributed by atoms with Gasteiger partial charge in [-0.1, -0.05) is 11.2 Å². The number of nitrogens with one attached hydrogen (secondary N) is 3. The summed E-state index contributed by atoms with van der Waals surface area (Å²) in [5.41, 5.74) is 5.63. The van der Waals surface area contributed by atoms with Gasteiger partial charge >= 0.3 is 0 Å². The Morgan fingerprint density at radius 2 is 2.05 bits per heavy atom. The van der Waals surface area contributed by atoms with Crippen molar-refractivity contribution in [1.82, 2.24) is 20.6 Å². The van der Waals surface area contributed by atoms with E-state index < -0.39 is 0 Å². The molecule has 0 radical (unpaired) electrons. The second-order valence-corrected chi connectivity index (χ2v) is 5.56. The summed E-state index contributed by atoms with van der Waals surface area (Å²) in [4.78, 5) is 0. The highest BCUT2D eigenvalue weighted by molar-refractivity contribution is 5.60. The highest BCUT2D eigenvalue weighted by Gasteiger charge is 2.23. The van der Waals surface area contributed by atoms with E-state index in [1.807, 2.05) is 0 Å². The van der Waals surface area contributed by atoms with E-state index in [9.17, 15) is 0 Å². The van der Waals surface area contributed by atoms with Gasteiger partial charge in [0.1, 0.15) is 0 Å². The van der Waals surface area contributed by atoms with Crippen LogP contribution in [0.5, 0.6) is 0 Å². The van der Waals surface area contributed by atoms with Gasteiger partial charge < -0.3 is 10.6 Å². The molecule has 1 unspecified atom stereocenters. The van der Waals surface area contributed by atoms with Gasteiger partial charge in [0.25, 0.3) is 5.95 Å². The Hall–Kier alpha value is -2.11. The van der Waals surface area contributed by atoms with Crippen LogP contribution in [0.3, 0.4) is 0 Å². The van der Waals surface area contributed by atoms with E-state index in [0.29, 0.717) is 5.95 Å². The number of H-pyrrole nitrogens is 1. The lowest BCUT2D eigenvalue weighted by Gasteiger charge is -2.19. The molecule has 0 saturated heterocycles. The molecule has 2 heterocycles. The molecule has 3 N–H and O–H groups in total. The lowest BCUT2D eigenvalue weighted by Crippen LogP contribution is -2.12. The van der Waals surface area contributed by atoms with Crippen LogP contribution in [0, 0.1) is 0 Å². The van der Waals surface area contributed by atoms with E-state index in [1.165, 1.54) is 41.6 Å². The minimum atomic E-state index is 0.253. The van der Waals surface area contributed by atoms with E-state index in [4.69, 9.17) is 0 Å². The third-order valence-corrected chi connectivity index (χ3v) is 4.27. The molecule has 1 aliphatic heterocycles. The number of tetrazole rings is 1. The quantitative estimate of drug-likeness (QED) is 0.778. The molecule has 0 spiro atoms. The standard InChI is InChI=1S/C14H18N6/c1-3-9-7-11-12(16-14-17-19-20-18-14)5-2-6-15-13(11)8-10(9)4-1/h7-8,12,15H,1-6H2,(H2,16,17,18,19,20). The monoisotopic (exact) mass is 270 g/mol. The van der Waals surface area contributed by atoms with Gasteiger partial charge in [0, 0.05) is 12.2 Å². The average Bonchev–Trinajstić information content (AvgIpc) is 3.08. The van der Waals surface area contributed by atoms with Crippen molar-refractivity contribution >= 4 is 11.6 Å². The molecule has 6 heteroatoms. The van der Waals surface area contributed by atoms with Crippen molar-refractivity contribution < 1.29 is 0 Å². The molecule has 0 amide bonds. The summed E-state index contributed by atoms with van der Waals surface area (Å²) in [6, 6.07) is 4.96. The van der Waals surface area contributed by atoms with Crippen LogP contribution < -0.4 is 10.6 Å². The molecule has 0 fully saturated rings. The Morgan fingerprint density at radius 1 is 1.15 bits per heavy atom. The SMILES string of the molecule is c1c2c(cc3c1NCCCC3Nc1nn[nH]n1)CCC2. The normalized spacial score (nSPS) is 20.7. The van der Waals surface area contributed by atoms with E-state index in [2.05, 4.69) is 43.4 Å². The van der Waals surface area contributed by atoms with Crippen LogP contribution in [-0.4, -0.2) is 27.2 Å². The molecular formula is C14H18N6. The van der Waals surface area contributed by atoms with Gasteiger partial charge in [-0.2, -0.15) is 5.21 Å². The highest BCUT2D eigenvalue weighted by atomic mass is 15.5. The third-order valence-electron chi connectivity index (χ3n) is 4.27. The Labute approximate surface area is 117 Å². The van der Waals surface area contributed by atoms with Crippen LogP contribution in [0.15, 0.2) is 12.1 Å². The number of anilines is 2. The molecule has 4 rings (SSSR count). The summed E-state index contributed by atoms with van der Waals surface area (Å²) in [6.45, 7) is 1.02. The molecule has 2 aliphatic rings. The summed E-state index contributed by atoms with van der Waals surface area (Å²) >= 11 is 0. The topological polar surface area (TPSA) is 78.5 Å². The Balaban J connectivity index is 1.71. The van der Waals surface area contributed by atoms with E-state index >= 15 is 0 Å². The molecule has 1 aliphatic carbocycles. The van der Waals surface area contributed by atoms with Gasteiger partial charge in [0.15, 0.2) is 0 Å².